The molecular formula is C14H11FN2OS. The van der Waals surface area contributed by atoms with Crippen molar-refractivity contribution in [1.82, 2.24) is 0 Å². The third-order valence-electron chi connectivity index (χ3n) is 2.26. The van der Waals surface area contributed by atoms with Crippen molar-refractivity contribution in [3.8, 4) is 11.8 Å². The van der Waals surface area contributed by atoms with Crippen LogP contribution in [0, 0.1) is 17.7 Å². The van der Waals surface area contributed by atoms with Gasteiger partial charge in [-0.1, -0.05) is 17.9 Å². The molecule has 0 spiro atoms. The second kappa shape index (κ2) is 6.14. The van der Waals surface area contributed by atoms with Gasteiger partial charge in [0.05, 0.1) is 17.0 Å². The number of nitrogens with two attached hydrogens (primary N) is 1. The molecule has 0 aliphatic heterocycles. The van der Waals surface area contributed by atoms with E-state index < -0.39 is 5.82 Å². The minimum atomic E-state index is -0.391. The summed E-state index contributed by atoms with van der Waals surface area (Å²) in [5.41, 5.74) is 6.19. The summed E-state index contributed by atoms with van der Waals surface area (Å²) in [5, 5.41) is 4.33. The first-order chi connectivity index (χ1) is 9.19. The van der Waals surface area contributed by atoms with Gasteiger partial charge < -0.3 is 11.1 Å². The SMILES string of the molecule is NCC#Cc1cc(C(=O)Nc2cccc(F)c2)cs1. The van der Waals surface area contributed by atoms with E-state index in [1.54, 1.807) is 17.5 Å². The summed E-state index contributed by atoms with van der Waals surface area (Å²) in [4.78, 5) is 12.7. The number of benzene rings is 1. The zero-order chi connectivity index (χ0) is 13.7. The van der Waals surface area contributed by atoms with E-state index in [1.807, 2.05) is 0 Å². The summed E-state index contributed by atoms with van der Waals surface area (Å²) in [5.74, 6) is 4.90. The van der Waals surface area contributed by atoms with Gasteiger partial charge in [-0.15, -0.1) is 11.3 Å². The fourth-order valence-electron chi connectivity index (χ4n) is 1.43. The highest BCUT2D eigenvalue weighted by atomic mass is 32.1. The van der Waals surface area contributed by atoms with Crippen molar-refractivity contribution < 1.29 is 9.18 Å². The lowest BCUT2D eigenvalue weighted by atomic mass is 10.2. The van der Waals surface area contributed by atoms with E-state index >= 15 is 0 Å². The number of rotatable bonds is 2. The molecule has 0 saturated carbocycles. The normalized spacial score (nSPS) is 9.58. The maximum atomic E-state index is 13.0. The van der Waals surface area contributed by atoms with Gasteiger partial charge in [-0.05, 0) is 24.3 Å². The highest BCUT2D eigenvalue weighted by Crippen LogP contribution is 2.16. The average Bonchev–Trinajstić information content (AvgIpc) is 2.85. The fraction of sp³-hybridized carbons (Fsp3) is 0.0714. The molecule has 1 aromatic carbocycles. The van der Waals surface area contributed by atoms with Gasteiger partial charge in [0.1, 0.15) is 5.82 Å². The first-order valence-corrected chi connectivity index (χ1v) is 6.41. The first-order valence-electron chi connectivity index (χ1n) is 5.53. The lowest BCUT2D eigenvalue weighted by molar-refractivity contribution is 0.102. The molecule has 0 bridgehead atoms. The van der Waals surface area contributed by atoms with Crippen molar-refractivity contribution in [2.75, 3.05) is 11.9 Å². The summed E-state index contributed by atoms with van der Waals surface area (Å²) in [7, 11) is 0. The molecule has 0 aliphatic rings. The molecule has 1 amide bonds. The van der Waals surface area contributed by atoms with Gasteiger partial charge in [0.2, 0.25) is 0 Å². The van der Waals surface area contributed by atoms with Crippen molar-refractivity contribution in [1.29, 1.82) is 0 Å². The van der Waals surface area contributed by atoms with Gasteiger partial charge in [0.25, 0.3) is 5.91 Å². The van der Waals surface area contributed by atoms with E-state index in [4.69, 9.17) is 5.73 Å². The van der Waals surface area contributed by atoms with Crippen molar-refractivity contribution in [3.05, 3.63) is 52.0 Å². The lowest BCUT2D eigenvalue weighted by Crippen LogP contribution is -2.10. The Morgan fingerprint density at radius 2 is 2.26 bits per heavy atom. The third kappa shape index (κ3) is 3.65. The van der Waals surface area contributed by atoms with Gasteiger partial charge in [-0.25, -0.2) is 4.39 Å². The smallest absolute Gasteiger partial charge is 0.256 e. The number of hydrogen-bond acceptors (Lipinski definition) is 3. The molecule has 3 nitrogen and oxygen atoms in total. The Bertz CT molecular complexity index is 655. The van der Waals surface area contributed by atoms with Crippen LogP contribution >= 0.6 is 11.3 Å². The molecule has 0 atom stereocenters. The molecule has 3 N–H and O–H groups in total. The summed E-state index contributed by atoms with van der Waals surface area (Å²) in [6.45, 7) is 0.280. The molecule has 2 rings (SSSR count). The summed E-state index contributed by atoms with van der Waals surface area (Å²) in [6, 6.07) is 7.43. The third-order valence-corrected chi connectivity index (χ3v) is 3.10. The van der Waals surface area contributed by atoms with Crippen LogP contribution in [0.4, 0.5) is 10.1 Å². The Morgan fingerprint density at radius 3 is 3.00 bits per heavy atom. The first kappa shape index (κ1) is 13.3. The van der Waals surface area contributed by atoms with Crippen LogP contribution in [0.25, 0.3) is 0 Å². The van der Waals surface area contributed by atoms with Crippen molar-refractivity contribution in [3.63, 3.8) is 0 Å². The second-order valence-corrected chi connectivity index (χ2v) is 4.58. The number of anilines is 1. The second-order valence-electron chi connectivity index (χ2n) is 3.67. The number of thiophene rings is 1. The molecule has 1 aromatic heterocycles. The van der Waals surface area contributed by atoms with Gasteiger partial charge >= 0.3 is 0 Å². The molecule has 19 heavy (non-hydrogen) atoms. The maximum absolute atomic E-state index is 13.0. The largest absolute Gasteiger partial charge is 0.322 e. The molecule has 0 radical (unpaired) electrons. The molecule has 5 heteroatoms. The van der Waals surface area contributed by atoms with Crippen LogP contribution in [-0.2, 0) is 0 Å². The van der Waals surface area contributed by atoms with Crippen molar-refractivity contribution in [2.45, 2.75) is 0 Å². The van der Waals surface area contributed by atoms with Gasteiger partial charge in [0.15, 0.2) is 0 Å². The molecule has 0 aliphatic carbocycles. The Kier molecular flexibility index (Phi) is 4.29. The van der Waals surface area contributed by atoms with Crippen LogP contribution in [0.2, 0.25) is 0 Å². The average molecular weight is 274 g/mol. The molecule has 0 unspecified atom stereocenters. The van der Waals surface area contributed by atoms with E-state index in [0.717, 1.165) is 4.88 Å². The molecule has 0 fully saturated rings. The monoisotopic (exact) mass is 274 g/mol. The number of halogens is 1. The maximum Gasteiger partial charge on any atom is 0.256 e. The van der Waals surface area contributed by atoms with Crippen molar-refractivity contribution in [2.24, 2.45) is 5.73 Å². The highest BCUT2D eigenvalue weighted by molar-refractivity contribution is 7.10. The molecule has 2 aromatic rings. The Hall–Kier alpha value is -2.16. The molecular weight excluding hydrogens is 263 g/mol. The van der Waals surface area contributed by atoms with Crippen molar-refractivity contribution >= 4 is 22.9 Å². The molecule has 1 heterocycles. The van der Waals surface area contributed by atoms with Crippen LogP contribution < -0.4 is 11.1 Å². The number of amides is 1. The summed E-state index contributed by atoms with van der Waals surface area (Å²) in [6.07, 6.45) is 0. The van der Waals surface area contributed by atoms with Crippen LogP contribution in [0.15, 0.2) is 35.7 Å². The van der Waals surface area contributed by atoms with Gasteiger partial charge in [0, 0.05) is 11.1 Å². The summed E-state index contributed by atoms with van der Waals surface area (Å²) < 4.78 is 13.0. The number of carbonyl (C=O) groups is 1. The fourth-order valence-corrected chi connectivity index (χ4v) is 2.18. The Morgan fingerprint density at radius 1 is 1.42 bits per heavy atom. The lowest BCUT2D eigenvalue weighted by Gasteiger charge is -2.02. The van der Waals surface area contributed by atoms with Gasteiger partial charge in [-0.2, -0.15) is 0 Å². The zero-order valence-electron chi connectivity index (χ0n) is 9.94. The topological polar surface area (TPSA) is 55.1 Å². The minimum absolute atomic E-state index is 0.280. The predicted octanol–water partition coefficient (Wildman–Crippen LogP) is 2.45. The number of nitrogens with one attached hydrogen (secondary N) is 1. The Balaban J connectivity index is 2.10. The minimum Gasteiger partial charge on any atom is -0.322 e. The van der Waals surface area contributed by atoms with E-state index in [9.17, 15) is 9.18 Å². The van der Waals surface area contributed by atoms with E-state index in [1.165, 1.54) is 29.5 Å². The zero-order valence-corrected chi connectivity index (χ0v) is 10.8. The quantitative estimate of drug-likeness (QED) is 0.826. The van der Waals surface area contributed by atoms with Gasteiger partial charge in [-0.3, -0.25) is 4.79 Å². The molecule has 0 saturated heterocycles. The van der Waals surface area contributed by atoms with E-state index in [0.29, 0.717) is 11.3 Å². The Labute approximate surface area is 114 Å². The number of hydrogen-bond donors (Lipinski definition) is 2. The predicted molar refractivity (Wildman–Crippen MR) is 74.6 cm³/mol. The van der Waals surface area contributed by atoms with Crippen LogP contribution in [0.5, 0.6) is 0 Å². The summed E-state index contributed by atoms with van der Waals surface area (Å²) >= 11 is 1.37. The van der Waals surface area contributed by atoms with E-state index in [-0.39, 0.29) is 12.5 Å². The highest BCUT2D eigenvalue weighted by Gasteiger charge is 2.08. The van der Waals surface area contributed by atoms with Crippen LogP contribution in [0.3, 0.4) is 0 Å². The standard InChI is InChI=1S/C14H11FN2OS/c15-11-3-1-4-12(8-11)17-14(18)10-7-13(19-9-10)5-2-6-16/h1,3-4,7-9H,6,16H2,(H,17,18). The van der Waals surface area contributed by atoms with E-state index in [2.05, 4.69) is 17.2 Å². The van der Waals surface area contributed by atoms with Crippen LogP contribution in [-0.4, -0.2) is 12.5 Å². The molecule has 96 valence electrons. The number of carbonyl (C=O) groups excluding carboxylic acids is 1. The van der Waals surface area contributed by atoms with Crippen LogP contribution in [0.1, 0.15) is 15.2 Å².